The predicted molar refractivity (Wildman–Crippen MR) is 78.4 cm³/mol. The maximum absolute atomic E-state index is 5.77. The second-order valence-corrected chi connectivity index (χ2v) is 8.02. The highest BCUT2D eigenvalue weighted by atomic mass is 32.2. The van der Waals surface area contributed by atoms with Crippen molar-refractivity contribution in [3.63, 3.8) is 0 Å². The predicted octanol–water partition coefficient (Wildman–Crippen LogP) is 1.41. The lowest BCUT2D eigenvalue weighted by atomic mass is 10.9. The first-order valence-corrected chi connectivity index (χ1v) is 10.00. The van der Waals surface area contributed by atoms with Crippen LogP contribution >= 0.6 is 11.8 Å². The van der Waals surface area contributed by atoms with E-state index in [2.05, 4.69) is 6.92 Å². The Morgan fingerprint density at radius 2 is 1.53 bits per heavy atom. The normalized spacial score (nSPS) is 14.1. The van der Waals surface area contributed by atoms with Crippen molar-refractivity contribution in [3.8, 4) is 0 Å². The number of hydrogen-bond donors (Lipinski definition) is 0. The van der Waals surface area contributed by atoms with Crippen LogP contribution in [0, 0.1) is 0 Å². The Hall–Kier alpha value is 0.624. The molecule has 0 aliphatic rings. The average molecular weight is 299 g/mol. The Morgan fingerprint density at radius 3 is 1.88 bits per heavy atom. The molecule has 0 radical (unpaired) electrons. The van der Waals surface area contributed by atoms with Crippen LogP contribution in [-0.2, 0) is 17.7 Å². The molecule has 0 fully saturated rings. The van der Waals surface area contributed by atoms with Crippen molar-refractivity contribution in [2.24, 2.45) is 0 Å². The van der Waals surface area contributed by atoms with E-state index in [0.717, 1.165) is 22.3 Å². The van der Waals surface area contributed by atoms with Crippen LogP contribution in [0.5, 0.6) is 0 Å². The maximum atomic E-state index is 5.77. The highest BCUT2D eigenvalue weighted by Gasteiger charge is 2.39. The van der Waals surface area contributed by atoms with Crippen LogP contribution in [0.3, 0.4) is 0 Å². The summed E-state index contributed by atoms with van der Waals surface area (Å²) >= 11 is 1.79. The molecule has 0 saturated heterocycles. The molecule has 0 aliphatic carbocycles. The molecule has 0 aromatic heterocycles. The second-order valence-electron chi connectivity index (χ2n) is 3.41. The molecule has 1 unspecified atom stereocenters. The lowest BCUT2D eigenvalue weighted by Crippen LogP contribution is -2.46. The minimum absolute atomic E-state index is 0.262. The Morgan fingerprint density at radius 1 is 1.06 bits per heavy atom. The van der Waals surface area contributed by atoms with Gasteiger partial charge in [-0.3, -0.25) is 0 Å². The van der Waals surface area contributed by atoms with Gasteiger partial charge in [-0.1, -0.05) is 0 Å². The smallest absolute Gasteiger partial charge is 0.417 e. The van der Waals surface area contributed by atoms with Crippen LogP contribution in [-0.4, -0.2) is 50.3 Å². The van der Waals surface area contributed by atoms with Crippen LogP contribution in [0.4, 0.5) is 0 Å². The zero-order valence-corrected chi connectivity index (χ0v) is 15.5. The van der Waals surface area contributed by atoms with E-state index in [1.54, 1.807) is 11.8 Å². The van der Waals surface area contributed by atoms with Gasteiger partial charge in [-0.2, -0.15) is 0 Å². The van der Waals surface area contributed by atoms with E-state index in [9.17, 15) is 0 Å². The van der Waals surface area contributed by atoms with Gasteiger partial charge in [0.05, 0.1) is 5.44 Å². The van der Waals surface area contributed by atoms with Gasteiger partial charge in [0.1, 0.15) is 10.5 Å². The quantitative estimate of drug-likeness (QED) is 0.426. The molecular weight excluding hydrogens is 272 g/mol. The van der Waals surface area contributed by atoms with E-state index in [0.29, 0.717) is 19.8 Å². The van der Waals surface area contributed by atoms with Gasteiger partial charge in [0.25, 0.3) is 0 Å². The Balaban J connectivity index is 4.23. The summed E-state index contributed by atoms with van der Waals surface area (Å²) in [5.74, 6) is 0.954. The fourth-order valence-electron chi connectivity index (χ4n) is 1.42. The van der Waals surface area contributed by atoms with Crippen LogP contribution in [0.1, 0.15) is 27.7 Å². The summed E-state index contributed by atoms with van der Waals surface area (Å²) < 4.78 is 22.7. The molecule has 0 saturated carbocycles. The largest absolute Gasteiger partial charge is 0.501 e. The lowest BCUT2D eigenvalue weighted by molar-refractivity contribution is 0.0728. The van der Waals surface area contributed by atoms with E-state index in [-0.39, 0.29) is 5.44 Å². The molecule has 0 rings (SSSR count). The summed E-state index contributed by atoms with van der Waals surface area (Å²) in [6.07, 6.45) is 0. The Bertz CT molecular complexity index is 169. The Labute approximate surface area is 114 Å². The van der Waals surface area contributed by atoms with Crippen molar-refractivity contribution >= 4 is 31.1 Å². The minimum Gasteiger partial charge on any atom is -0.417 e. The third-order valence-electron chi connectivity index (χ3n) is 2.19. The molecule has 0 aliphatic heterocycles. The standard InChI is InChI=1S/C10H26O4SSi2/c1-5-11-17(12-6-2,13-7-3)9-8-15-10(4)14-16/h10H,5-9H2,1-4,16H3. The first-order chi connectivity index (χ1) is 8.14. The van der Waals surface area contributed by atoms with E-state index in [1.807, 2.05) is 20.8 Å². The topological polar surface area (TPSA) is 36.9 Å². The van der Waals surface area contributed by atoms with E-state index in [4.69, 9.17) is 17.7 Å². The summed E-state index contributed by atoms with van der Waals surface area (Å²) in [4.78, 5) is 0. The van der Waals surface area contributed by atoms with Crippen LogP contribution in [0.25, 0.3) is 0 Å². The van der Waals surface area contributed by atoms with Crippen molar-refractivity contribution in [3.05, 3.63) is 0 Å². The van der Waals surface area contributed by atoms with Gasteiger partial charge in [0, 0.05) is 31.6 Å². The molecule has 0 heterocycles. The summed E-state index contributed by atoms with van der Waals surface area (Å²) in [7, 11) is -1.66. The van der Waals surface area contributed by atoms with Crippen molar-refractivity contribution in [2.75, 3.05) is 25.6 Å². The highest BCUT2D eigenvalue weighted by Crippen LogP contribution is 2.21. The molecule has 0 bridgehead atoms. The van der Waals surface area contributed by atoms with Crippen LogP contribution < -0.4 is 0 Å². The average Bonchev–Trinajstić information content (AvgIpc) is 2.30. The maximum Gasteiger partial charge on any atom is 0.501 e. The molecule has 0 N–H and O–H groups in total. The molecule has 104 valence electrons. The number of thioether (sulfide) groups is 1. The van der Waals surface area contributed by atoms with Crippen molar-refractivity contribution in [1.29, 1.82) is 0 Å². The van der Waals surface area contributed by atoms with Crippen molar-refractivity contribution < 1.29 is 17.7 Å². The van der Waals surface area contributed by atoms with Gasteiger partial charge in [-0.25, -0.2) is 0 Å². The summed E-state index contributed by atoms with van der Waals surface area (Å²) in [5, 5.41) is 0. The molecule has 0 aromatic carbocycles. The first kappa shape index (κ1) is 17.6. The number of hydrogen-bond acceptors (Lipinski definition) is 5. The molecule has 0 amide bonds. The molecule has 0 spiro atoms. The zero-order chi connectivity index (χ0) is 13.1. The molecule has 1 atom stereocenters. The molecular formula is C10H26O4SSi2. The molecule has 4 nitrogen and oxygen atoms in total. The van der Waals surface area contributed by atoms with E-state index < -0.39 is 8.80 Å². The fourth-order valence-corrected chi connectivity index (χ4v) is 5.77. The highest BCUT2D eigenvalue weighted by molar-refractivity contribution is 7.99. The first-order valence-electron chi connectivity index (χ1n) is 6.20. The third-order valence-corrected chi connectivity index (χ3v) is 7.75. The van der Waals surface area contributed by atoms with Gasteiger partial charge in [0.2, 0.25) is 0 Å². The third kappa shape index (κ3) is 7.60. The minimum atomic E-state index is -2.44. The SMILES string of the molecule is CCO[Si](CCSC(C)O[SiH3])(OCC)OCC. The van der Waals surface area contributed by atoms with E-state index >= 15 is 0 Å². The van der Waals surface area contributed by atoms with Crippen LogP contribution in [0.15, 0.2) is 0 Å². The van der Waals surface area contributed by atoms with Crippen LogP contribution in [0.2, 0.25) is 6.04 Å². The fraction of sp³-hybridized carbons (Fsp3) is 1.00. The summed E-state index contributed by atoms with van der Waals surface area (Å²) in [6, 6.07) is 0.850. The molecule has 7 heteroatoms. The van der Waals surface area contributed by atoms with Gasteiger partial charge >= 0.3 is 8.80 Å². The van der Waals surface area contributed by atoms with Crippen molar-refractivity contribution in [1.82, 2.24) is 0 Å². The number of rotatable bonds is 11. The zero-order valence-electron chi connectivity index (χ0n) is 11.7. The summed E-state index contributed by atoms with van der Waals surface area (Å²) in [5.41, 5.74) is 0.262. The van der Waals surface area contributed by atoms with E-state index in [1.165, 1.54) is 0 Å². The molecule has 0 aromatic rings. The van der Waals surface area contributed by atoms with Gasteiger partial charge in [-0.05, 0) is 27.7 Å². The lowest BCUT2D eigenvalue weighted by Gasteiger charge is -2.28. The second kappa shape index (κ2) is 10.5. The van der Waals surface area contributed by atoms with Gasteiger partial charge in [0.15, 0.2) is 0 Å². The Kier molecular flexibility index (Phi) is 10.9. The monoisotopic (exact) mass is 298 g/mol. The van der Waals surface area contributed by atoms with Crippen molar-refractivity contribution in [2.45, 2.75) is 39.2 Å². The summed E-state index contributed by atoms with van der Waals surface area (Å²) in [6.45, 7) is 9.95. The van der Waals surface area contributed by atoms with Gasteiger partial charge < -0.3 is 17.7 Å². The van der Waals surface area contributed by atoms with Gasteiger partial charge in [-0.15, -0.1) is 11.8 Å². The molecule has 17 heavy (non-hydrogen) atoms.